The number of halogens is 3. The van der Waals surface area contributed by atoms with E-state index in [1.165, 1.54) is 23.8 Å². The second-order valence-corrected chi connectivity index (χ2v) is 5.17. The Labute approximate surface area is 137 Å². The Bertz CT molecular complexity index is 811. The topological polar surface area (TPSA) is 43.6 Å². The van der Waals surface area contributed by atoms with Crippen molar-refractivity contribution in [1.29, 1.82) is 0 Å². The third kappa shape index (κ3) is 3.12. The van der Waals surface area contributed by atoms with Crippen LogP contribution in [-0.4, -0.2) is 17.4 Å². The van der Waals surface area contributed by atoms with Gasteiger partial charge in [-0.05, 0) is 32.0 Å². The van der Waals surface area contributed by atoms with E-state index in [2.05, 4.69) is 5.16 Å². The van der Waals surface area contributed by atoms with Crippen LogP contribution in [0.15, 0.2) is 34.2 Å². The van der Waals surface area contributed by atoms with Gasteiger partial charge in [0.1, 0.15) is 23.8 Å². The van der Waals surface area contributed by atoms with E-state index >= 15 is 0 Å². The van der Waals surface area contributed by atoms with Crippen LogP contribution in [0.25, 0.3) is 11.3 Å². The molecule has 0 N–H and O–H groups in total. The van der Waals surface area contributed by atoms with Crippen LogP contribution in [0.1, 0.15) is 19.4 Å². The first-order valence-electron chi connectivity index (χ1n) is 6.88. The number of hydrogen-bond acceptors (Lipinski definition) is 3. The Morgan fingerprint density at radius 1 is 1.35 bits per heavy atom. The highest BCUT2D eigenvalue weighted by Gasteiger charge is 2.22. The van der Waals surface area contributed by atoms with Gasteiger partial charge in [-0.25, -0.2) is 8.78 Å². The minimum atomic E-state index is -0.777. The van der Waals surface area contributed by atoms with Crippen molar-refractivity contribution in [3.05, 3.63) is 56.8 Å². The van der Waals surface area contributed by atoms with Crippen LogP contribution in [0, 0.1) is 11.6 Å². The maximum absolute atomic E-state index is 14.3. The van der Waals surface area contributed by atoms with E-state index < -0.39 is 17.2 Å². The summed E-state index contributed by atoms with van der Waals surface area (Å²) in [5, 5.41) is 3.72. The zero-order valence-corrected chi connectivity index (χ0v) is 13.6. The molecule has 122 valence electrons. The molecule has 0 saturated heterocycles. The minimum Gasteiger partial charge on any atom is -0.399 e. The fourth-order valence-corrected chi connectivity index (χ4v) is 2.60. The Morgan fingerprint density at radius 3 is 2.48 bits per heavy atom. The fraction of sp³-hybridized carbons (Fsp3) is 0.250. The SMILES string of the molecule is CCn1c(-c2c(F)cccc2F)c(C(C)=NOC)cc(Cl)c1=O. The van der Waals surface area contributed by atoms with E-state index in [9.17, 15) is 13.6 Å². The number of hydrogen-bond donors (Lipinski definition) is 0. The van der Waals surface area contributed by atoms with Gasteiger partial charge in [0.15, 0.2) is 0 Å². The molecular weight excluding hydrogens is 326 g/mol. The molecule has 0 amide bonds. The first-order valence-corrected chi connectivity index (χ1v) is 7.26. The van der Waals surface area contributed by atoms with Crippen LogP contribution in [0.3, 0.4) is 0 Å². The van der Waals surface area contributed by atoms with E-state index in [0.29, 0.717) is 11.3 Å². The molecule has 0 atom stereocenters. The van der Waals surface area contributed by atoms with Crippen molar-refractivity contribution in [3.63, 3.8) is 0 Å². The smallest absolute Gasteiger partial charge is 0.269 e. The van der Waals surface area contributed by atoms with Crippen molar-refractivity contribution < 1.29 is 13.6 Å². The van der Waals surface area contributed by atoms with Crippen LogP contribution in [-0.2, 0) is 11.4 Å². The number of pyridine rings is 1. The molecule has 23 heavy (non-hydrogen) atoms. The molecular formula is C16H15ClF2N2O2. The third-order valence-corrected chi connectivity index (χ3v) is 3.65. The highest BCUT2D eigenvalue weighted by atomic mass is 35.5. The van der Waals surface area contributed by atoms with Gasteiger partial charge in [-0.1, -0.05) is 22.8 Å². The summed E-state index contributed by atoms with van der Waals surface area (Å²) in [6, 6.07) is 4.86. The molecule has 0 spiro atoms. The van der Waals surface area contributed by atoms with Crippen LogP contribution in [0.2, 0.25) is 5.02 Å². The van der Waals surface area contributed by atoms with E-state index in [1.54, 1.807) is 13.8 Å². The summed E-state index contributed by atoms with van der Waals surface area (Å²) in [7, 11) is 1.35. The van der Waals surface area contributed by atoms with Gasteiger partial charge in [-0.3, -0.25) is 4.79 Å². The van der Waals surface area contributed by atoms with E-state index in [4.69, 9.17) is 16.4 Å². The van der Waals surface area contributed by atoms with Crippen molar-refractivity contribution in [1.82, 2.24) is 4.57 Å². The molecule has 1 aromatic heterocycles. The lowest BCUT2D eigenvalue weighted by Crippen LogP contribution is -2.24. The third-order valence-electron chi connectivity index (χ3n) is 3.38. The summed E-state index contributed by atoms with van der Waals surface area (Å²) in [4.78, 5) is 17.0. The number of rotatable bonds is 4. The average Bonchev–Trinajstić information content (AvgIpc) is 2.50. The average molecular weight is 341 g/mol. The summed E-state index contributed by atoms with van der Waals surface area (Å²) in [6.07, 6.45) is 0. The van der Waals surface area contributed by atoms with Crippen LogP contribution in [0.4, 0.5) is 8.78 Å². The first kappa shape index (κ1) is 17.1. The predicted octanol–water partition coefficient (Wildman–Crippen LogP) is 3.84. The standard InChI is InChI=1S/C16H15ClF2N2O2/c1-4-21-15(14-12(18)6-5-7-13(14)19)10(9(2)20-23-3)8-11(17)16(21)22/h5-8H,4H2,1-3H3. The molecule has 0 aliphatic heterocycles. The number of benzene rings is 1. The van der Waals surface area contributed by atoms with Gasteiger partial charge in [0, 0.05) is 12.1 Å². The highest BCUT2D eigenvalue weighted by molar-refractivity contribution is 6.31. The molecule has 0 saturated carbocycles. The maximum atomic E-state index is 14.3. The van der Waals surface area contributed by atoms with Crippen molar-refractivity contribution in [2.45, 2.75) is 20.4 Å². The molecule has 0 aliphatic carbocycles. The van der Waals surface area contributed by atoms with Gasteiger partial charge in [-0.2, -0.15) is 0 Å². The van der Waals surface area contributed by atoms with E-state index in [1.807, 2.05) is 0 Å². The lowest BCUT2D eigenvalue weighted by molar-refractivity contribution is 0.213. The van der Waals surface area contributed by atoms with Gasteiger partial charge in [-0.15, -0.1) is 0 Å². The van der Waals surface area contributed by atoms with Crippen molar-refractivity contribution in [2.24, 2.45) is 5.16 Å². The van der Waals surface area contributed by atoms with E-state index in [0.717, 1.165) is 12.1 Å². The number of oxime groups is 1. The summed E-state index contributed by atoms with van der Waals surface area (Å²) < 4.78 is 29.7. The molecule has 2 rings (SSSR count). The minimum absolute atomic E-state index is 0.0620. The van der Waals surface area contributed by atoms with Gasteiger partial charge < -0.3 is 9.40 Å². The largest absolute Gasteiger partial charge is 0.399 e. The molecule has 0 fully saturated rings. The lowest BCUT2D eigenvalue weighted by Gasteiger charge is -2.17. The Kier molecular flexibility index (Phi) is 5.15. The molecule has 0 unspecified atom stereocenters. The van der Waals surface area contributed by atoms with Crippen LogP contribution >= 0.6 is 11.6 Å². The number of aromatic nitrogens is 1. The monoisotopic (exact) mass is 340 g/mol. The molecule has 7 heteroatoms. The summed E-state index contributed by atoms with van der Waals surface area (Å²) in [5.41, 5.74) is -0.0862. The molecule has 0 aliphatic rings. The zero-order valence-electron chi connectivity index (χ0n) is 12.9. The molecule has 4 nitrogen and oxygen atoms in total. The van der Waals surface area contributed by atoms with Gasteiger partial charge in [0.25, 0.3) is 5.56 Å². The second kappa shape index (κ2) is 6.91. The molecule has 0 bridgehead atoms. The molecule has 0 radical (unpaired) electrons. The van der Waals surface area contributed by atoms with Crippen molar-refractivity contribution >= 4 is 17.3 Å². The van der Waals surface area contributed by atoms with Gasteiger partial charge >= 0.3 is 0 Å². The molecule has 2 aromatic rings. The molecule has 1 aromatic carbocycles. The Balaban J connectivity index is 2.98. The first-order chi connectivity index (χ1) is 10.9. The predicted molar refractivity (Wildman–Crippen MR) is 86.0 cm³/mol. The highest BCUT2D eigenvalue weighted by Crippen LogP contribution is 2.30. The van der Waals surface area contributed by atoms with Crippen molar-refractivity contribution in [3.8, 4) is 11.3 Å². The fourth-order valence-electron chi connectivity index (χ4n) is 2.39. The van der Waals surface area contributed by atoms with Gasteiger partial charge in [0.05, 0.1) is 17.0 Å². The van der Waals surface area contributed by atoms with E-state index in [-0.39, 0.29) is 22.8 Å². The summed E-state index contributed by atoms with van der Waals surface area (Å²) in [6.45, 7) is 3.48. The van der Waals surface area contributed by atoms with Crippen LogP contribution < -0.4 is 5.56 Å². The Morgan fingerprint density at radius 2 is 1.96 bits per heavy atom. The summed E-state index contributed by atoms with van der Waals surface area (Å²) >= 11 is 5.96. The number of nitrogens with zero attached hydrogens (tertiary/aromatic N) is 2. The normalized spacial score (nSPS) is 11.7. The zero-order chi connectivity index (χ0) is 17.1. The quantitative estimate of drug-likeness (QED) is 0.627. The lowest BCUT2D eigenvalue weighted by atomic mass is 10.0. The second-order valence-electron chi connectivity index (χ2n) is 4.76. The Hall–Kier alpha value is -2.21. The summed E-state index contributed by atoms with van der Waals surface area (Å²) in [5.74, 6) is -1.55. The van der Waals surface area contributed by atoms with Crippen molar-refractivity contribution in [2.75, 3.05) is 7.11 Å². The molecule has 1 heterocycles. The van der Waals surface area contributed by atoms with Crippen LogP contribution in [0.5, 0.6) is 0 Å². The van der Waals surface area contributed by atoms with Gasteiger partial charge in [0.2, 0.25) is 0 Å². The maximum Gasteiger partial charge on any atom is 0.269 e.